The van der Waals surface area contributed by atoms with Gasteiger partial charge >= 0.3 is 11.9 Å². The SMILES string of the molecule is CCCCC/C=C\C[C@@H](O)[C@H](O)CCCCCCCC(=O)OC[C@H](COP(=O)([O-])OCC[N+](C)(C)C)OC(=O)CCCCCCCCCCc1oc(CCC)c(C)c1C. The van der Waals surface area contributed by atoms with E-state index < -0.39 is 44.7 Å². The van der Waals surface area contributed by atoms with Gasteiger partial charge < -0.3 is 42.5 Å². The van der Waals surface area contributed by atoms with E-state index in [0.29, 0.717) is 36.7 Å². The predicted octanol–water partition coefficient (Wildman–Crippen LogP) is 9.54. The van der Waals surface area contributed by atoms with Gasteiger partial charge in [-0.25, -0.2) is 0 Å². The van der Waals surface area contributed by atoms with Crippen LogP contribution in [0.5, 0.6) is 0 Å². The van der Waals surface area contributed by atoms with Crippen LogP contribution >= 0.6 is 7.82 Å². The number of ether oxygens (including phenoxy) is 2. The zero-order valence-electron chi connectivity index (χ0n) is 38.1. The topological polar surface area (TPSA) is 165 Å². The van der Waals surface area contributed by atoms with Gasteiger partial charge in [0, 0.05) is 25.7 Å². The molecule has 0 bridgehead atoms. The summed E-state index contributed by atoms with van der Waals surface area (Å²) in [6.45, 7) is 8.20. The van der Waals surface area contributed by atoms with Crippen molar-refractivity contribution in [2.75, 3.05) is 47.5 Å². The average Bonchev–Trinajstić information content (AvgIpc) is 3.44. The van der Waals surface area contributed by atoms with Crippen LogP contribution in [0.3, 0.4) is 0 Å². The van der Waals surface area contributed by atoms with E-state index in [1.165, 1.54) is 30.4 Å². The lowest BCUT2D eigenvalue weighted by atomic mass is 10.0. The highest BCUT2D eigenvalue weighted by molar-refractivity contribution is 7.45. The molecule has 1 unspecified atom stereocenters. The summed E-state index contributed by atoms with van der Waals surface area (Å²) in [5, 5.41) is 20.5. The fraction of sp³-hybridized carbons (Fsp3) is 0.826. The zero-order chi connectivity index (χ0) is 43.9. The molecule has 1 heterocycles. The van der Waals surface area contributed by atoms with Crippen molar-refractivity contribution >= 4 is 19.8 Å². The molecular formula is C46H84NO11P. The summed E-state index contributed by atoms with van der Waals surface area (Å²) in [5.74, 6) is 1.30. The second-order valence-electron chi connectivity index (χ2n) is 17.3. The number of phosphoric acid groups is 1. The monoisotopic (exact) mass is 858 g/mol. The minimum atomic E-state index is -4.67. The van der Waals surface area contributed by atoms with E-state index in [1.54, 1.807) is 0 Å². The molecule has 0 saturated carbocycles. The number of esters is 2. The van der Waals surface area contributed by atoms with E-state index in [-0.39, 0.29) is 26.1 Å². The Balaban J connectivity index is 2.38. The first-order valence-electron chi connectivity index (χ1n) is 22.9. The third-order valence-electron chi connectivity index (χ3n) is 10.7. The molecule has 1 aromatic heterocycles. The van der Waals surface area contributed by atoms with Gasteiger partial charge in [0.15, 0.2) is 6.10 Å². The number of unbranched alkanes of at least 4 members (excludes halogenated alkanes) is 14. The number of allylic oxidation sites excluding steroid dienone is 1. The Kier molecular flexibility index (Phi) is 30.4. The molecule has 59 heavy (non-hydrogen) atoms. The summed E-state index contributed by atoms with van der Waals surface area (Å²) in [6, 6.07) is 0. The first kappa shape index (κ1) is 55.0. The van der Waals surface area contributed by atoms with Gasteiger partial charge in [0.1, 0.15) is 31.3 Å². The van der Waals surface area contributed by atoms with Gasteiger partial charge in [0.2, 0.25) is 0 Å². The number of nitrogens with zero attached hydrogens (tertiary/aromatic N) is 1. The molecule has 0 aliphatic rings. The zero-order valence-corrected chi connectivity index (χ0v) is 39.0. The van der Waals surface area contributed by atoms with Crippen LogP contribution in [0.25, 0.3) is 0 Å². The highest BCUT2D eigenvalue weighted by Crippen LogP contribution is 2.38. The van der Waals surface area contributed by atoms with Gasteiger partial charge in [-0.15, -0.1) is 0 Å². The summed E-state index contributed by atoms with van der Waals surface area (Å²) in [7, 11) is 1.06. The summed E-state index contributed by atoms with van der Waals surface area (Å²) < 4.78 is 40.0. The van der Waals surface area contributed by atoms with Gasteiger partial charge in [0.25, 0.3) is 7.82 Å². The van der Waals surface area contributed by atoms with E-state index in [0.717, 1.165) is 108 Å². The molecule has 2 N–H and O–H groups in total. The Morgan fingerprint density at radius 2 is 1.29 bits per heavy atom. The van der Waals surface area contributed by atoms with Crippen LogP contribution in [-0.2, 0) is 45.5 Å². The molecule has 0 radical (unpaired) electrons. The molecular weight excluding hydrogens is 773 g/mol. The number of hydrogen-bond donors (Lipinski definition) is 2. The smallest absolute Gasteiger partial charge is 0.306 e. The van der Waals surface area contributed by atoms with Gasteiger partial charge in [0.05, 0.1) is 40.0 Å². The average molecular weight is 858 g/mol. The number of rotatable bonds is 38. The quantitative estimate of drug-likeness (QED) is 0.0214. The Labute approximate surface area is 358 Å². The maximum absolute atomic E-state index is 12.7. The predicted molar refractivity (Wildman–Crippen MR) is 233 cm³/mol. The number of quaternary nitrogens is 1. The molecule has 13 heteroatoms. The van der Waals surface area contributed by atoms with Crippen LogP contribution in [0.15, 0.2) is 16.6 Å². The number of carbonyl (C=O) groups excluding carboxylic acids is 2. The fourth-order valence-electron chi connectivity index (χ4n) is 6.67. The van der Waals surface area contributed by atoms with E-state index in [9.17, 15) is 29.3 Å². The second kappa shape index (κ2) is 32.6. The molecule has 0 aliphatic carbocycles. The van der Waals surface area contributed by atoms with Gasteiger partial charge in [-0.2, -0.15) is 0 Å². The lowest BCUT2D eigenvalue weighted by molar-refractivity contribution is -0.870. The first-order chi connectivity index (χ1) is 28.1. The largest absolute Gasteiger partial charge is 0.756 e. The minimum absolute atomic E-state index is 0.0621. The van der Waals surface area contributed by atoms with Crippen LogP contribution in [0.2, 0.25) is 0 Å². The van der Waals surface area contributed by atoms with Gasteiger partial charge in [-0.1, -0.05) is 103 Å². The van der Waals surface area contributed by atoms with Crippen LogP contribution in [-0.4, -0.2) is 92.5 Å². The van der Waals surface area contributed by atoms with Crippen LogP contribution < -0.4 is 4.89 Å². The number of hydrogen-bond acceptors (Lipinski definition) is 11. The minimum Gasteiger partial charge on any atom is -0.756 e. The van der Waals surface area contributed by atoms with Gasteiger partial charge in [-0.3, -0.25) is 14.2 Å². The lowest BCUT2D eigenvalue weighted by Gasteiger charge is -2.28. The Bertz CT molecular complexity index is 1320. The van der Waals surface area contributed by atoms with Crippen LogP contribution in [0.1, 0.15) is 178 Å². The lowest BCUT2D eigenvalue weighted by Crippen LogP contribution is -2.37. The fourth-order valence-corrected chi connectivity index (χ4v) is 7.39. The normalized spacial score (nSPS) is 14.7. The van der Waals surface area contributed by atoms with Crippen LogP contribution in [0.4, 0.5) is 0 Å². The Hall–Kier alpha value is -2.05. The Morgan fingerprint density at radius 1 is 0.712 bits per heavy atom. The number of aryl methyl sites for hydroxylation is 2. The molecule has 0 amide bonds. The highest BCUT2D eigenvalue weighted by atomic mass is 31.2. The number of phosphoric ester groups is 1. The van der Waals surface area contributed by atoms with Crippen LogP contribution in [0, 0.1) is 13.8 Å². The third-order valence-corrected chi connectivity index (χ3v) is 11.6. The van der Waals surface area contributed by atoms with Crippen molar-refractivity contribution in [1.29, 1.82) is 0 Å². The molecule has 1 aromatic rings. The van der Waals surface area contributed by atoms with Crippen molar-refractivity contribution < 1.29 is 56.7 Å². The van der Waals surface area contributed by atoms with Crippen molar-refractivity contribution in [3.8, 4) is 0 Å². The van der Waals surface area contributed by atoms with Gasteiger partial charge in [-0.05, 0) is 76.3 Å². The molecule has 0 fully saturated rings. The maximum atomic E-state index is 12.7. The van der Waals surface area contributed by atoms with E-state index in [4.69, 9.17) is 22.9 Å². The van der Waals surface area contributed by atoms with E-state index in [2.05, 4.69) is 33.8 Å². The summed E-state index contributed by atoms with van der Waals surface area (Å²) in [4.78, 5) is 37.7. The molecule has 4 atom stereocenters. The van der Waals surface area contributed by atoms with Crippen molar-refractivity contribution in [1.82, 2.24) is 0 Å². The molecule has 0 aromatic carbocycles. The van der Waals surface area contributed by atoms with Crippen molar-refractivity contribution in [3.05, 3.63) is 34.8 Å². The third kappa shape index (κ3) is 29.0. The summed E-state index contributed by atoms with van der Waals surface area (Å²) >= 11 is 0. The first-order valence-corrected chi connectivity index (χ1v) is 24.4. The Morgan fingerprint density at radius 3 is 1.90 bits per heavy atom. The maximum Gasteiger partial charge on any atom is 0.306 e. The second-order valence-corrected chi connectivity index (χ2v) is 18.7. The number of carbonyl (C=O) groups is 2. The highest BCUT2D eigenvalue weighted by Gasteiger charge is 2.22. The van der Waals surface area contributed by atoms with Crippen molar-refractivity contribution in [2.24, 2.45) is 0 Å². The molecule has 344 valence electrons. The standard InChI is InChI=1S/C46H84NO11P/c1-8-10-11-12-18-23-29-41(48)42(49)30-24-19-17-22-26-32-45(50)54-36-40(37-56-59(52,53)55-35-34-47(5,6)7)57-46(51)33-27-21-16-14-13-15-20-25-31-44-39(4)38(3)43(58-44)28-9-2/h18,23,40-42,48-49H,8-17,19-22,24-37H2,1-7H3/b23-18-/t40-,41-,42-/m1/s1. The molecule has 12 nitrogen and oxygen atoms in total. The number of likely N-dealkylation sites (N-methyl/N-ethyl adjacent to an activating group) is 1. The molecule has 0 spiro atoms. The molecule has 1 rings (SSSR count). The number of aliphatic hydroxyl groups excluding tert-OH is 2. The van der Waals surface area contributed by atoms with Crippen molar-refractivity contribution in [2.45, 2.75) is 200 Å². The molecule has 0 aliphatic heterocycles. The molecule has 0 saturated heterocycles. The summed E-state index contributed by atoms with van der Waals surface area (Å²) in [5.41, 5.74) is 2.60. The van der Waals surface area contributed by atoms with E-state index in [1.807, 2.05) is 27.2 Å². The van der Waals surface area contributed by atoms with E-state index >= 15 is 0 Å². The number of furan rings is 1. The number of aliphatic hydroxyl groups is 2. The van der Waals surface area contributed by atoms with Crippen molar-refractivity contribution in [3.63, 3.8) is 0 Å². The summed E-state index contributed by atoms with van der Waals surface area (Å²) in [6.07, 6.45) is 22.5.